The summed E-state index contributed by atoms with van der Waals surface area (Å²) in [6.45, 7) is 4.62. The summed E-state index contributed by atoms with van der Waals surface area (Å²) in [4.78, 5) is 49.1. The molecule has 11 nitrogen and oxygen atoms in total. The minimum absolute atomic E-state index is 0.104. The van der Waals surface area contributed by atoms with Crippen molar-refractivity contribution in [3.63, 3.8) is 0 Å². The first-order chi connectivity index (χ1) is 20.3. The number of carbonyl (C=O) groups is 3. The molecule has 0 saturated carbocycles. The van der Waals surface area contributed by atoms with Crippen LogP contribution < -0.4 is 20.1 Å². The molecule has 3 N–H and O–H groups in total. The molecule has 220 valence electrons. The Kier molecular flexibility index (Phi) is 8.75. The highest BCUT2D eigenvalue weighted by molar-refractivity contribution is 5.92. The summed E-state index contributed by atoms with van der Waals surface area (Å²) in [5.74, 6) is 0.655. The van der Waals surface area contributed by atoms with Crippen molar-refractivity contribution in [1.29, 1.82) is 0 Å². The molecule has 1 atom stereocenters. The Morgan fingerprint density at radius 3 is 2.81 bits per heavy atom. The molecule has 5 rings (SSSR count). The third kappa shape index (κ3) is 6.40. The van der Waals surface area contributed by atoms with Gasteiger partial charge < -0.3 is 34.6 Å². The fourth-order valence-corrected chi connectivity index (χ4v) is 5.13. The molecule has 11 heteroatoms. The smallest absolute Gasteiger partial charge is 0.242 e. The molecular formula is C31H36N6O5. The van der Waals surface area contributed by atoms with E-state index in [1.165, 1.54) is 4.90 Å². The summed E-state index contributed by atoms with van der Waals surface area (Å²) < 4.78 is 13.6. The van der Waals surface area contributed by atoms with Crippen molar-refractivity contribution in [1.82, 2.24) is 30.1 Å². The van der Waals surface area contributed by atoms with Crippen molar-refractivity contribution in [3.05, 3.63) is 66.6 Å². The monoisotopic (exact) mass is 572 g/mol. The molecule has 1 aliphatic rings. The molecule has 3 heterocycles. The molecule has 0 fully saturated rings. The number of imidazole rings is 1. The Balaban J connectivity index is 1.43. The fraction of sp³-hybridized carbons (Fsp3) is 0.355. The van der Waals surface area contributed by atoms with Crippen LogP contribution in [0.1, 0.15) is 19.4 Å². The van der Waals surface area contributed by atoms with Gasteiger partial charge in [0, 0.05) is 48.1 Å². The molecule has 42 heavy (non-hydrogen) atoms. The highest BCUT2D eigenvalue weighted by Gasteiger charge is 2.26. The first kappa shape index (κ1) is 28.7. The number of rotatable bonds is 4. The highest BCUT2D eigenvalue weighted by Crippen LogP contribution is 2.32. The Bertz CT molecular complexity index is 1570. The lowest BCUT2D eigenvalue weighted by molar-refractivity contribution is -0.137. The number of nitrogens with zero attached hydrogens (tertiary/aromatic N) is 3. The van der Waals surface area contributed by atoms with Crippen LogP contribution in [-0.4, -0.2) is 76.5 Å². The number of H-pyrrole nitrogens is 1. The van der Waals surface area contributed by atoms with E-state index in [0.29, 0.717) is 30.4 Å². The second-order valence-corrected chi connectivity index (χ2v) is 10.6. The van der Waals surface area contributed by atoms with E-state index in [1.54, 1.807) is 19.4 Å². The van der Waals surface area contributed by atoms with Crippen LogP contribution in [0.4, 0.5) is 0 Å². The largest absolute Gasteiger partial charge is 0.493 e. The van der Waals surface area contributed by atoms with Crippen LogP contribution in [-0.2, 0) is 27.3 Å². The Labute approximate surface area is 244 Å². The van der Waals surface area contributed by atoms with Crippen molar-refractivity contribution < 1.29 is 23.9 Å². The van der Waals surface area contributed by atoms with Gasteiger partial charge in [-0.15, -0.1) is 0 Å². The third-order valence-corrected chi connectivity index (χ3v) is 7.38. The van der Waals surface area contributed by atoms with Crippen molar-refractivity contribution in [2.75, 3.05) is 33.4 Å². The van der Waals surface area contributed by atoms with Crippen molar-refractivity contribution >= 4 is 28.6 Å². The first-order valence-electron chi connectivity index (χ1n) is 14.1. The lowest BCUT2D eigenvalue weighted by Crippen LogP contribution is -2.53. The maximum absolute atomic E-state index is 13.6. The number of benzene rings is 2. The summed E-state index contributed by atoms with van der Waals surface area (Å²) in [7, 11) is 1.56. The van der Waals surface area contributed by atoms with Gasteiger partial charge in [0.2, 0.25) is 17.7 Å². The quantitative estimate of drug-likeness (QED) is 0.345. The van der Waals surface area contributed by atoms with Gasteiger partial charge in [-0.1, -0.05) is 32.0 Å². The van der Waals surface area contributed by atoms with Gasteiger partial charge in [0.1, 0.15) is 18.5 Å². The Morgan fingerprint density at radius 2 is 2.00 bits per heavy atom. The standard InChI is InChI=1S/C31H36N6O5/c1-20(2)29-31(40)33-11-13-36-12-10-32-30(36)21-8-9-25(41-3)26(16-21)42-15-14-37(19-27(38)35-29)28(39)17-22-18-34-24-7-5-4-6-23(22)24/h4-10,12,16,18,20,29,34H,11,13-15,17,19H2,1-3H3,(H,33,40)(H,35,38)/t29-/m1/s1. The van der Waals surface area contributed by atoms with Gasteiger partial charge in [-0.25, -0.2) is 4.98 Å². The normalized spacial score (nSPS) is 16.8. The van der Waals surface area contributed by atoms with Crippen molar-refractivity contribution in [2.45, 2.75) is 32.9 Å². The first-order valence-corrected chi connectivity index (χ1v) is 14.1. The van der Waals surface area contributed by atoms with E-state index in [2.05, 4.69) is 20.6 Å². The van der Waals surface area contributed by atoms with Crippen molar-refractivity contribution in [3.8, 4) is 22.9 Å². The zero-order chi connectivity index (χ0) is 29.6. The molecule has 2 bridgehead atoms. The molecule has 0 radical (unpaired) electrons. The van der Waals surface area contributed by atoms with E-state index in [1.807, 2.05) is 67.2 Å². The number of fused-ring (bicyclic) bond motifs is 5. The topological polar surface area (TPSA) is 131 Å². The number of ether oxygens (including phenoxy) is 2. The molecular weight excluding hydrogens is 536 g/mol. The molecule has 4 aromatic rings. The van der Waals surface area contributed by atoms with Gasteiger partial charge in [0.15, 0.2) is 11.5 Å². The summed E-state index contributed by atoms with van der Waals surface area (Å²) in [6.07, 6.45) is 5.47. The summed E-state index contributed by atoms with van der Waals surface area (Å²) in [6, 6.07) is 12.5. The van der Waals surface area contributed by atoms with Crippen LogP contribution in [0.3, 0.4) is 0 Å². The van der Waals surface area contributed by atoms with Crippen LogP contribution in [0.5, 0.6) is 11.5 Å². The fourth-order valence-electron chi connectivity index (χ4n) is 5.13. The SMILES string of the molecule is COc1ccc2cc1OCCN(C(=O)Cc1c[nH]c3ccccc13)CC(=O)N[C@H](C(C)C)C(=O)NCCn1ccnc1-2. The zero-order valence-corrected chi connectivity index (χ0v) is 24.1. The average Bonchev–Trinajstić information content (AvgIpc) is 3.62. The number of carbonyl (C=O) groups excluding carboxylic acids is 3. The number of amides is 3. The summed E-state index contributed by atoms with van der Waals surface area (Å²) >= 11 is 0. The molecule has 2 aromatic heterocycles. The van der Waals surface area contributed by atoms with E-state index in [4.69, 9.17) is 9.47 Å². The summed E-state index contributed by atoms with van der Waals surface area (Å²) in [5.41, 5.74) is 2.59. The van der Waals surface area contributed by atoms with Crippen LogP contribution in [0, 0.1) is 5.92 Å². The molecule has 0 saturated heterocycles. The number of nitrogens with one attached hydrogen (secondary N) is 3. The average molecular weight is 573 g/mol. The molecule has 0 unspecified atom stereocenters. The van der Waals surface area contributed by atoms with E-state index in [9.17, 15) is 14.4 Å². The second kappa shape index (κ2) is 12.8. The predicted octanol–water partition coefficient (Wildman–Crippen LogP) is 2.76. The van der Waals surface area contributed by atoms with Crippen molar-refractivity contribution in [2.24, 2.45) is 5.92 Å². The van der Waals surface area contributed by atoms with Crippen LogP contribution in [0.25, 0.3) is 22.3 Å². The van der Waals surface area contributed by atoms with Gasteiger partial charge in [-0.2, -0.15) is 0 Å². The second-order valence-electron chi connectivity index (χ2n) is 10.6. The molecule has 0 spiro atoms. The van der Waals surface area contributed by atoms with E-state index < -0.39 is 11.9 Å². The van der Waals surface area contributed by atoms with Crippen LogP contribution >= 0.6 is 0 Å². The van der Waals surface area contributed by atoms with Gasteiger partial charge in [-0.3, -0.25) is 14.4 Å². The van der Waals surface area contributed by atoms with Gasteiger partial charge in [-0.05, 0) is 35.7 Å². The number of aromatic nitrogens is 3. The van der Waals surface area contributed by atoms with Crippen LogP contribution in [0.15, 0.2) is 61.1 Å². The molecule has 0 aliphatic carbocycles. The van der Waals surface area contributed by atoms with E-state index in [0.717, 1.165) is 22.0 Å². The van der Waals surface area contributed by atoms with Gasteiger partial charge in [0.25, 0.3) is 0 Å². The maximum atomic E-state index is 13.6. The van der Waals surface area contributed by atoms with E-state index >= 15 is 0 Å². The van der Waals surface area contributed by atoms with E-state index in [-0.39, 0.29) is 43.8 Å². The summed E-state index contributed by atoms with van der Waals surface area (Å²) in [5, 5.41) is 6.73. The Morgan fingerprint density at radius 1 is 1.17 bits per heavy atom. The highest BCUT2D eigenvalue weighted by atomic mass is 16.5. The number of para-hydroxylation sites is 1. The van der Waals surface area contributed by atoms with Gasteiger partial charge >= 0.3 is 0 Å². The minimum Gasteiger partial charge on any atom is -0.493 e. The number of methoxy groups -OCH3 is 1. The lowest BCUT2D eigenvalue weighted by atomic mass is 10.0. The Hall–Kier alpha value is -4.80. The number of aromatic amines is 1. The van der Waals surface area contributed by atoms with Crippen LogP contribution in [0.2, 0.25) is 0 Å². The maximum Gasteiger partial charge on any atom is 0.242 e. The lowest BCUT2D eigenvalue weighted by Gasteiger charge is -2.26. The third-order valence-electron chi connectivity index (χ3n) is 7.38. The number of hydrogen-bond donors (Lipinski definition) is 3. The predicted molar refractivity (Wildman–Crippen MR) is 158 cm³/mol. The zero-order valence-electron chi connectivity index (χ0n) is 24.1. The van der Waals surface area contributed by atoms with Gasteiger partial charge in [0.05, 0.1) is 26.6 Å². The minimum atomic E-state index is -0.753. The molecule has 2 aromatic carbocycles. The number of hydrogen-bond acceptors (Lipinski definition) is 6. The molecule has 1 aliphatic heterocycles. The molecule has 3 amide bonds.